The fourth-order valence-electron chi connectivity index (χ4n) is 3.80. The fraction of sp³-hybridized carbons (Fsp3) is 0.467. The molecule has 8 nitrogen and oxygen atoms in total. The molecular formula is C15H14ClN2NaO6. The molecule has 4 rings (SSSR count). The summed E-state index contributed by atoms with van der Waals surface area (Å²) in [7, 11) is 0. The summed E-state index contributed by atoms with van der Waals surface area (Å²) in [6.07, 6.45) is 0.252. The number of ketones is 1. The number of hydrogen-bond acceptors (Lipinski definition) is 6. The number of amides is 1. The van der Waals surface area contributed by atoms with Gasteiger partial charge in [-0.3, -0.25) is 19.7 Å². The molecule has 0 aromatic rings. The molecule has 25 heavy (non-hydrogen) atoms. The van der Waals surface area contributed by atoms with Crippen LogP contribution in [0, 0.1) is 16.0 Å². The van der Waals surface area contributed by atoms with Crippen molar-refractivity contribution in [1.82, 2.24) is 4.90 Å². The maximum absolute atomic E-state index is 12.7. The topological polar surface area (TPSA) is 110 Å². The van der Waals surface area contributed by atoms with Crippen LogP contribution in [-0.4, -0.2) is 45.3 Å². The number of halogens is 1. The first-order valence-corrected chi connectivity index (χ1v) is 7.91. The summed E-state index contributed by atoms with van der Waals surface area (Å²) in [5.41, 5.74) is 0.697. The molecule has 10 heteroatoms. The zero-order valence-electron chi connectivity index (χ0n) is 14.4. The Hall–Kier alpha value is -1.19. The Balaban J connectivity index is 0.00000121. The van der Waals surface area contributed by atoms with E-state index >= 15 is 0 Å². The zero-order valence-corrected chi connectivity index (χ0v) is 16.2. The summed E-state index contributed by atoms with van der Waals surface area (Å²) in [4.78, 5) is 37.1. The van der Waals surface area contributed by atoms with E-state index < -0.39 is 22.9 Å². The Morgan fingerprint density at radius 3 is 2.76 bits per heavy atom. The first-order chi connectivity index (χ1) is 11.4. The molecule has 0 aromatic heterocycles. The molecule has 1 amide bonds. The quantitative estimate of drug-likeness (QED) is 0.320. The van der Waals surface area contributed by atoms with Gasteiger partial charge in [-0.25, -0.2) is 0 Å². The van der Waals surface area contributed by atoms with Gasteiger partial charge in [-0.2, -0.15) is 0 Å². The summed E-state index contributed by atoms with van der Waals surface area (Å²) < 4.78 is 5.49. The Morgan fingerprint density at radius 2 is 2.08 bits per heavy atom. The molecule has 1 N–H and O–H groups in total. The van der Waals surface area contributed by atoms with E-state index in [1.165, 1.54) is 11.2 Å². The second-order valence-electron chi connectivity index (χ2n) is 6.29. The van der Waals surface area contributed by atoms with Gasteiger partial charge in [0.2, 0.25) is 11.7 Å². The molecule has 3 atom stereocenters. The summed E-state index contributed by atoms with van der Waals surface area (Å²) in [6.45, 7) is 0.281. The number of aliphatic hydroxyl groups is 1. The number of carbonyl (C=O) groups is 2. The number of aliphatic hydroxyl groups excluding tert-OH is 1. The van der Waals surface area contributed by atoms with Crippen LogP contribution in [0.5, 0.6) is 0 Å². The molecular weight excluding hydrogens is 363 g/mol. The van der Waals surface area contributed by atoms with Gasteiger partial charge in [0.15, 0.2) is 0 Å². The summed E-state index contributed by atoms with van der Waals surface area (Å²) in [5.74, 6) is -1.01. The van der Waals surface area contributed by atoms with E-state index in [2.05, 4.69) is 0 Å². The minimum Gasteiger partial charge on any atom is -1.00 e. The van der Waals surface area contributed by atoms with Crippen molar-refractivity contribution in [3.63, 3.8) is 0 Å². The smallest absolute Gasteiger partial charge is 1.00 e. The van der Waals surface area contributed by atoms with E-state index in [1.54, 1.807) is 0 Å². The molecule has 0 saturated heterocycles. The van der Waals surface area contributed by atoms with Gasteiger partial charge in [-0.05, 0) is 12.0 Å². The van der Waals surface area contributed by atoms with Gasteiger partial charge in [0.25, 0.3) is 6.04 Å². The molecule has 3 aliphatic heterocycles. The van der Waals surface area contributed by atoms with E-state index in [0.717, 1.165) is 0 Å². The second kappa shape index (κ2) is 6.51. The monoisotopic (exact) mass is 376 g/mol. The van der Waals surface area contributed by atoms with Crippen molar-refractivity contribution < 1.29 is 55.3 Å². The van der Waals surface area contributed by atoms with Gasteiger partial charge in [0.05, 0.1) is 28.8 Å². The Morgan fingerprint density at radius 1 is 1.36 bits per heavy atom. The van der Waals surface area contributed by atoms with Gasteiger partial charge in [0.1, 0.15) is 12.0 Å². The molecule has 0 bridgehead atoms. The third kappa shape index (κ3) is 2.76. The first-order valence-electron chi connectivity index (χ1n) is 7.53. The summed E-state index contributed by atoms with van der Waals surface area (Å²) >= 11 is 5.99. The summed E-state index contributed by atoms with van der Waals surface area (Å²) in [6, 6.07) is -1.47. The number of carbonyl (C=O) groups excluding carboxylic acids is 2. The average molecular weight is 377 g/mol. The number of nitrogens with zero attached hydrogens (tertiary/aromatic N) is 2. The van der Waals surface area contributed by atoms with Crippen LogP contribution in [0.2, 0.25) is 0 Å². The predicted molar refractivity (Wildman–Crippen MR) is 81.0 cm³/mol. The maximum atomic E-state index is 12.7. The molecule has 0 fully saturated rings. The van der Waals surface area contributed by atoms with Crippen LogP contribution in [0.25, 0.3) is 0 Å². The van der Waals surface area contributed by atoms with Crippen LogP contribution < -0.4 is 29.6 Å². The SMILES string of the molecule is O=C1C2=C3OC=C(Cl)CC3CN3C(=O)CC(O)C(=C23)CC1[N+](=O)[O-].[H-].[Na+]. The number of nitro groups is 1. The van der Waals surface area contributed by atoms with Crippen molar-refractivity contribution in [1.29, 1.82) is 0 Å². The van der Waals surface area contributed by atoms with E-state index in [1.807, 2.05) is 0 Å². The second-order valence-corrected chi connectivity index (χ2v) is 6.78. The normalized spacial score (nSPS) is 30.9. The number of ether oxygens (including phenoxy) is 1. The molecule has 1 aliphatic carbocycles. The maximum Gasteiger partial charge on any atom is 1.00 e. The number of allylic oxidation sites excluding steroid dienone is 2. The third-order valence-electron chi connectivity index (χ3n) is 4.87. The van der Waals surface area contributed by atoms with Crippen molar-refractivity contribution >= 4 is 23.3 Å². The predicted octanol–water partition coefficient (Wildman–Crippen LogP) is -2.05. The Kier molecular flexibility index (Phi) is 4.85. The number of Topliss-reactive ketones (excluding diaryl/α,β-unsaturated/α-hetero) is 1. The molecule has 128 valence electrons. The zero-order chi connectivity index (χ0) is 17.2. The van der Waals surface area contributed by atoms with Crippen molar-refractivity contribution in [2.24, 2.45) is 5.92 Å². The minimum absolute atomic E-state index is 0. The molecule has 0 saturated carbocycles. The van der Waals surface area contributed by atoms with Gasteiger partial charge in [0, 0.05) is 23.8 Å². The first kappa shape index (κ1) is 18.6. The van der Waals surface area contributed by atoms with Crippen molar-refractivity contribution in [3.8, 4) is 0 Å². The van der Waals surface area contributed by atoms with Gasteiger partial charge < -0.3 is 16.2 Å². The molecule has 0 radical (unpaired) electrons. The molecule has 3 unspecified atom stereocenters. The van der Waals surface area contributed by atoms with Crippen LogP contribution >= 0.6 is 11.6 Å². The van der Waals surface area contributed by atoms with E-state index in [9.17, 15) is 24.8 Å². The van der Waals surface area contributed by atoms with Crippen LogP contribution in [0.15, 0.2) is 33.9 Å². The number of fused-ring (bicyclic) bond motifs is 1. The van der Waals surface area contributed by atoms with Gasteiger partial charge in [-0.15, -0.1) is 0 Å². The van der Waals surface area contributed by atoms with Crippen molar-refractivity contribution in [2.45, 2.75) is 31.4 Å². The van der Waals surface area contributed by atoms with Gasteiger partial charge in [-0.1, -0.05) is 11.6 Å². The number of hydrogen-bond donors (Lipinski definition) is 1. The molecule has 0 aromatic carbocycles. The largest absolute Gasteiger partial charge is 1.00 e. The fourth-order valence-corrected chi connectivity index (χ4v) is 4.03. The summed E-state index contributed by atoms with van der Waals surface area (Å²) in [5, 5.41) is 22.0. The minimum atomic E-state index is -1.47. The van der Waals surface area contributed by atoms with Gasteiger partial charge >= 0.3 is 29.6 Å². The van der Waals surface area contributed by atoms with Crippen LogP contribution in [0.1, 0.15) is 20.7 Å². The third-order valence-corrected chi connectivity index (χ3v) is 5.12. The van der Waals surface area contributed by atoms with E-state index in [0.29, 0.717) is 28.5 Å². The van der Waals surface area contributed by atoms with Crippen LogP contribution in [0.3, 0.4) is 0 Å². The number of rotatable bonds is 1. The van der Waals surface area contributed by atoms with Crippen molar-refractivity contribution in [3.05, 3.63) is 44.0 Å². The standard InChI is InChI=1S/C15H13ClN2O6.Na.H/c16-7-1-6-4-17-11(20)3-10(19)8-2-9(18(22)23)14(21)12(13(8)17)15(6)24-5-7;;/h5-6,9-10,19H,1-4H2;;/q;+1;-1. The van der Waals surface area contributed by atoms with Crippen molar-refractivity contribution in [2.75, 3.05) is 6.54 Å². The molecule has 0 spiro atoms. The van der Waals surface area contributed by atoms with E-state index in [-0.39, 0.29) is 67.8 Å². The Bertz CT molecular complexity index is 795. The molecule has 4 aliphatic rings. The molecule has 3 heterocycles. The average Bonchev–Trinajstić information content (AvgIpc) is 2.52. The van der Waals surface area contributed by atoms with E-state index in [4.69, 9.17) is 16.3 Å². The van der Waals surface area contributed by atoms with Crippen LogP contribution in [0.4, 0.5) is 0 Å². The van der Waals surface area contributed by atoms with Crippen LogP contribution in [-0.2, 0) is 14.3 Å². The Labute approximate surface area is 171 Å².